The molecule has 0 aromatic rings. The predicted octanol–water partition coefficient (Wildman–Crippen LogP) is 9.88. The zero-order chi connectivity index (χ0) is 44.4. The van der Waals surface area contributed by atoms with Crippen molar-refractivity contribution in [2.45, 2.75) is 166 Å². The van der Waals surface area contributed by atoms with Gasteiger partial charge >= 0.3 is 11.9 Å². The maximum Gasteiger partial charge on any atom is 0.306 e. The fourth-order valence-corrected chi connectivity index (χ4v) is 5.79. The van der Waals surface area contributed by atoms with Crippen molar-refractivity contribution < 1.29 is 49.0 Å². The Kier molecular flexibility index (Phi) is 36.3. The molecule has 61 heavy (non-hydrogen) atoms. The Hall–Kier alpha value is -3.90. The van der Waals surface area contributed by atoms with Crippen LogP contribution in [0.15, 0.2) is 122 Å². The summed E-state index contributed by atoms with van der Waals surface area (Å²) in [6, 6.07) is 0. The summed E-state index contributed by atoms with van der Waals surface area (Å²) in [4.78, 5) is 25.3. The minimum Gasteiger partial charge on any atom is -0.462 e. The number of carbonyl (C=O) groups excluding carboxylic acids is 2. The van der Waals surface area contributed by atoms with Crippen LogP contribution in [0.1, 0.15) is 129 Å². The molecule has 0 spiro atoms. The topological polar surface area (TPSA) is 152 Å². The molecule has 1 aliphatic rings. The largest absolute Gasteiger partial charge is 0.462 e. The van der Waals surface area contributed by atoms with Crippen molar-refractivity contribution in [1.82, 2.24) is 0 Å². The molecule has 1 saturated heterocycles. The first-order valence-electron chi connectivity index (χ1n) is 22.6. The van der Waals surface area contributed by atoms with Crippen molar-refractivity contribution in [1.29, 1.82) is 0 Å². The number of allylic oxidation sites excluding steroid dienone is 20. The van der Waals surface area contributed by atoms with Crippen LogP contribution in [0.2, 0.25) is 0 Å². The Morgan fingerprint density at radius 1 is 0.525 bits per heavy atom. The molecule has 2 unspecified atom stereocenters. The lowest BCUT2D eigenvalue weighted by atomic mass is 9.99. The van der Waals surface area contributed by atoms with E-state index in [9.17, 15) is 30.0 Å². The smallest absolute Gasteiger partial charge is 0.306 e. The summed E-state index contributed by atoms with van der Waals surface area (Å²) >= 11 is 0. The number of ether oxygens (including phenoxy) is 4. The monoisotopic (exact) mass is 851 g/mol. The summed E-state index contributed by atoms with van der Waals surface area (Å²) < 4.78 is 22.0. The molecule has 0 aliphatic carbocycles. The highest BCUT2D eigenvalue weighted by molar-refractivity contribution is 5.70. The summed E-state index contributed by atoms with van der Waals surface area (Å²) in [5.74, 6) is -0.985. The van der Waals surface area contributed by atoms with E-state index in [2.05, 4.69) is 117 Å². The van der Waals surface area contributed by atoms with Crippen LogP contribution < -0.4 is 0 Å². The van der Waals surface area contributed by atoms with Crippen LogP contribution >= 0.6 is 0 Å². The third-order valence-corrected chi connectivity index (χ3v) is 9.34. The average molecular weight is 851 g/mol. The van der Waals surface area contributed by atoms with E-state index in [1.165, 1.54) is 19.3 Å². The fraction of sp³-hybridized carbons (Fsp3) is 0.569. The molecule has 1 aliphatic heterocycles. The first kappa shape index (κ1) is 55.1. The van der Waals surface area contributed by atoms with E-state index in [1.807, 2.05) is 18.2 Å². The van der Waals surface area contributed by atoms with Gasteiger partial charge in [0.25, 0.3) is 0 Å². The van der Waals surface area contributed by atoms with Gasteiger partial charge in [0, 0.05) is 12.8 Å². The highest BCUT2D eigenvalue weighted by atomic mass is 16.7. The summed E-state index contributed by atoms with van der Waals surface area (Å²) in [7, 11) is 0. The molecule has 1 fully saturated rings. The number of rotatable bonds is 35. The van der Waals surface area contributed by atoms with E-state index >= 15 is 0 Å². The lowest BCUT2D eigenvalue weighted by Gasteiger charge is -2.39. The second kappa shape index (κ2) is 40.2. The van der Waals surface area contributed by atoms with Crippen LogP contribution in [0.4, 0.5) is 0 Å². The van der Waals surface area contributed by atoms with Gasteiger partial charge < -0.3 is 39.4 Å². The maximum atomic E-state index is 12.8. The van der Waals surface area contributed by atoms with Gasteiger partial charge in [0.2, 0.25) is 0 Å². The molecule has 342 valence electrons. The number of esters is 2. The summed E-state index contributed by atoms with van der Waals surface area (Å²) in [5, 5.41) is 40.1. The molecule has 10 heteroatoms. The van der Waals surface area contributed by atoms with Gasteiger partial charge in [-0.2, -0.15) is 0 Å². The predicted molar refractivity (Wildman–Crippen MR) is 246 cm³/mol. The van der Waals surface area contributed by atoms with Crippen molar-refractivity contribution in [2.24, 2.45) is 0 Å². The van der Waals surface area contributed by atoms with E-state index in [4.69, 9.17) is 18.9 Å². The standard InChI is InChI=1S/C51H78O10/c1-3-5-7-9-11-13-15-17-19-21-22-24-25-27-29-31-33-35-37-39-46(53)58-42-44(43-59-51-50(57)49(56)48(55)45(41-52)61-51)60-47(54)40-38-36-34-32-30-28-26-23-20-18-16-14-12-10-8-6-4-2/h5,7,11-14,17-20,22,24,26-29,32-35,44-45,48-52,55-57H,3-4,6,8-10,15-16,21,23,25,30-31,36-43H2,1-2H3/b7-5+,13-11+,14-12+,19-17+,20-18+,24-22+,28-26+,29-27+,34-32+,35-33+/t44-,45-,48+,49?,50?,51-/m0/s1. The van der Waals surface area contributed by atoms with E-state index in [1.54, 1.807) is 0 Å². The summed E-state index contributed by atoms with van der Waals surface area (Å²) in [6.07, 6.45) is 49.3. The first-order chi connectivity index (χ1) is 29.8. The SMILES string of the molecule is CC/C=C/C/C=C/C/C=C/C/C=C/C/C=C/C/C=C/CCC(=O)OC[C@@H](CO[C@H]1O[C@@H](CO)[C@@H](O)C(O)C1O)OC(=O)CCC/C=C/C/C=C/C/C=C/C/C=C/CCCCC. The Morgan fingerprint density at radius 2 is 0.984 bits per heavy atom. The van der Waals surface area contributed by atoms with Crippen LogP contribution in [-0.2, 0) is 28.5 Å². The fourth-order valence-electron chi connectivity index (χ4n) is 5.79. The molecular formula is C51H78O10. The Labute approximate surface area is 367 Å². The lowest BCUT2D eigenvalue weighted by Crippen LogP contribution is -2.59. The Bertz CT molecular complexity index is 1400. The van der Waals surface area contributed by atoms with Crippen LogP contribution in [0, 0.1) is 0 Å². The van der Waals surface area contributed by atoms with Crippen LogP contribution in [0.5, 0.6) is 0 Å². The number of unbranched alkanes of at least 4 members (excludes halogenated alkanes) is 4. The van der Waals surface area contributed by atoms with Gasteiger partial charge in [-0.3, -0.25) is 9.59 Å². The molecule has 4 N–H and O–H groups in total. The van der Waals surface area contributed by atoms with Crippen LogP contribution in [0.25, 0.3) is 0 Å². The minimum absolute atomic E-state index is 0.130. The maximum absolute atomic E-state index is 12.8. The number of hydrogen-bond acceptors (Lipinski definition) is 10. The van der Waals surface area contributed by atoms with E-state index in [0.29, 0.717) is 19.3 Å². The van der Waals surface area contributed by atoms with Crippen molar-refractivity contribution in [3.8, 4) is 0 Å². The van der Waals surface area contributed by atoms with Gasteiger partial charge in [0.15, 0.2) is 12.4 Å². The second-order valence-corrected chi connectivity index (χ2v) is 14.8. The molecular weight excluding hydrogens is 773 g/mol. The molecule has 0 aromatic carbocycles. The first-order valence-corrected chi connectivity index (χ1v) is 22.6. The number of carbonyl (C=O) groups is 2. The Morgan fingerprint density at radius 3 is 1.46 bits per heavy atom. The van der Waals surface area contributed by atoms with Gasteiger partial charge in [-0.15, -0.1) is 0 Å². The zero-order valence-corrected chi connectivity index (χ0v) is 37.1. The van der Waals surface area contributed by atoms with Gasteiger partial charge in [0.1, 0.15) is 31.0 Å². The molecule has 0 aromatic heterocycles. The highest BCUT2D eigenvalue weighted by Gasteiger charge is 2.44. The second-order valence-electron chi connectivity index (χ2n) is 14.8. The molecule has 1 heterocycles. The number of hydrogen-bond donors (Lipinski definition) is 4. The Balaban J connectivity index is 2.44. The van der Waals surface area contributed by atoms with E-state index in [-0.39, 0.29) is 26.1 Å². The molecule has 0 radical (unpaired) electrons. The highest BCUT2D eigenvalue weighted by Crippen LogP contribution is 2.22. The van der Waals surface area contributed by atoms with E-state index < -0.39 is 55.4 Å². The average Bonchev–Trinajstić information content (AvgIpc) is 3.26. The van der Waals surface area contributed by atoms with E-state index in [0.717, 1.165) is 64.2 Å². The molecule has 0 saturated carbocycles. The third-order valence-electron chi connectivity index (χ3n) is 9.34. The zero-order valence-electron chi connectivity index (χ0n) is 37.1. The normalized spacial score (nSPS) is 20.9. The number of aliphatic hydroxyl groups excluding tert-OH is 4. The van der Waals surface area contributed by atoms with Crippen molar-refractivity contribution >= 4 is 11.9 Å². The van der Waals surface area contributed by atoms with Gasteiger partial charge in [0.05, 0.1) is 13.2 Å². The van der Waals surface area contributed by atoms with Gasteiger partial charge in [-0.25, -0.2) is 0 Å². The molecule has 0 bridgehead atoms. The molecule has 0 amide bonds. The number of aliphatic hydroxyl groups is 4. The minimum atomic E-state index is -1.62. The summed E-state index contributed by atoms with van der Waals surface area (Å²) in [6.45, 7) is 3.12. The van der Waals surface area contributed by atoms with Crippen molar-refractivity contribution in [2.75, 3.05) is 19.8 Å². The lowest BCUT2D eigenvalue weighted by molar-refractivity contribution is -0.305. The summed E-state index contributed by atoms with van der Waals surface area (Å²) in [5.41, 5.74) is 0. The van der Waals surface area contributed by atoms with Crippen LogP contribution in [0.3, 0.4) is 0 Å². The molecule has 6 atom stereocenters. The van der Waals surface area contributed by atoms with Crippen molar-refractivity contribution in [3.05, 3.63) is 122 Å². The van der Waals surface area contributed by atoms with Crippen LogP contribution in [-0.4, -0.2) is 89.0 Å². The van der Waals surface area contributed by atoms with Gasteiger partial charge in [-0.1, -0.05) is 148 Å². The molecule has 10 nitrogen and oxygen atoms in total. The van der Waals surface area contributed by atoms with Gasteiger partial charge in [-0.05, 0) is 89.9 Å². The molecule has 1 rings (SSSR count). The third kappa shape index (κ3) is 31.6. The quantitative estimate of drug-likeness (QED) is 0.0276. The van der Waals surface area contributed by atoms with Crippen molar-refractivity contribution in [3.63, 3.8) is 0 Å².